The maximum Gasteiger partial charge on any atom is 0.416 e. The number of halogens is 3. The predicted octanol–water partition coefficient (Wildman–Crippen LogP) is 4.71. The summed E-state index contributed by atoms with van der Waals surface area (Å²) in [6, 6.07) is 9.36. The Morgan fingerprint density at radius 3 is 2.47 bits per heavy atom. The molecule has 1 saturated heterocycles. The van der Waals surface area contributed by atoms with Crippen molar-refractivity contribution in [2.24, 2.45) is 0 Å². The highest BCUT2D eigenvalue weighted by Gasteiger charge is 2.33. The van der Waals surface area contributed by atoms with Gasteiger partial charge in [-0.15, -0.1) is 0 Å². The molecule has 1 N–H and O–H groups in total. The van der Waals surface area contributed by atoms with E-state index in [0.29, 0.717) is 12.0 Å². The van der Waals surface area contributed by atoms with Gasteiger partial charge in [0.2, 0.25) is 0 Å². The molecule has 30 heavy (non-hydrogen) atoms. The van der Waals surface area contributed by atoms with Crippen molar-refractivity contribution in [2.45, 2.75) is 36.8 Å². The van der Waals surface area contributed by atoms with Gasteiger partial charge in [-0.25, -0.2) is 8.42 Å². The molecule has 0 saturated carbocycles. The molecule has 0 unspecified atom stereocenters. The van der Waals surface area contributed by atoms with E-state index >= 15 is 0 Å². The van der Waals surface area contributed by atoms with Crippen LogP contribution in [-0.4, -0.2) is 40.1 Å². The fraction of sp³-hybridized carbons (Fsp3) is 0.429. The number of benzene rings is 2. The van der Waals surface area contributed by atoms with Crippen LogP contribution in [0.3, 0.4) is 0 Å². The van der Waals surface area contributed by atoms with Crippen molar-refractivity contribution in [3.8, 4) is 5.75 Å². The van der Waals surface area contributed by atoms with Gasteiger partial charge < -0.3 is 9.64 Å². The number of hydrogen-bond donors (Lipinski definition) is 1. The van der Waals surface area contributed by atoms with Gasteiger partial charge in [0, 0.05) is 12.2 Å². The van der Waals surface area contributed by atoms with Crippen molar-refractivity contribution in [1.82, 2.24) is 4.90 Å². The van der Waals surface area contributed by atoms with Crippen LogP contribution in [0.4, 0.5) is 18.9 Å². The number of methoxy groups -OCH3 is 1. The number of nitrogens with one attached hydrogen (secondary N) is 1. The summed E-state index contributed by atoms with van der Waals surface area (Å²) in [5.41, 5.74) is 0.340. The molecule has 0 spiro atoms. The van der Waals surface area contributed by atoms with Crippen molar-refractivity contribution in [1.29, 1.82) is 0 Å². The summed E-state index contributed by atoms with van der Waals surface area (Å²) in [7, 11) is -3.06. The van der Waals surface area contributed by atoms with Gasteiger partial charge in [0.25, 0.3) is 10.0 Å². The van der Waals surface area contributed by atoms with E-state index in [4.69, 9.17) is 4.74 Å². The van der Waals surface area contributed by atoms with Gasteiger partial charge in [0.1, 0.15) is 10.6 Å². The molecular weight excluding hydrogens is 417 g/mol. The van der Waals surface area contributed by atoms with Gasteiger partial charge in [0.05, 0.1) is 12.7 Å². The zero-order valence-electron chi connectivity index (χ0n) is 16.9. The number of sulfonamides is 1. The fourth-order valence-electron chi connectivity index (χ4n) is 3.72. The molecule has 0 bridgehead atoms. The van der Waals surface area contributed by atoms with Crippen molar-refractivity contribution in [2.75, 3.05) is 31.5 Å². The standard InChI is InChI=1S/C21H25F3N2O3S/c1-3-11-26-12-10-16(14-26)15-4-7-18(8-5-15)25-30(27,28)20-13-17(21(22,23)24)6-9-19(20)29-2/h4-9,13,16,25H,3,10-12,14H2,1-2H3/t16-/m1/s1. The topological polar surface area (TPSA) is 58.6 Å². The van der Waals surface area contributed by atoms with Crippen LogP contribution in [0.1, 0.15) is 36.8 Å². The first-order valence-electron chi connectivity index (χ1n) is 9.74. The lowest BCUT2D eigenvalue weighted by Crippen LogP contribution is -2.20. The highest BCUT2D eigenvalue weighted by atomic mass is 32.2. The zero-order chi connectivity index (χ0) is 21.9. The second kappa shape index (κ2) is 8.85. The zero-order valence-corrected chi connectivity index (χ0v) is 17.7. The molecule has 1 aliphatic heterocycles. The van der Waals surface area contributed by atoms with E-state index in [2.05, 4.69) is 16.5 Å². The summed E-state index contributed by atoms with van der Waals surface area (Å²) >= 11 is 0. The molecule has 0 radical (unpaired) electrons. The number of anilines is 1. The molecule has 1 heterocycles. The molecule has 5 nitrogen and oxygen atoms in total. The van der Waals surface area contributed by atoms with Gasteiger partial charge in [-0.1, -0.05) is 19.1 Å². The van der Waals surface area contributed by atoms with Crippen LogP contribution in [0.15, 0.2) is 47.4 Å². The van der Waals surface area contributed by atoms with Gasteiger partial charge in [-0.05, 0) is 67.7 Å². The fourth-order valence-corrected chi connectivity index (χ4v) is 4.98. The smallest absolute Gasteiger partial charge is 0.416 e. The van der Waals surface area contributed by atoms with Crippen LogP contribution in [0.25, 0.3) is 0 Å². The highest BCUT2D eigenvalue weighted by Crippen LogP contribution is 2.35. The Bertz CT molecular complexity index is 976. The number of ether oxygens (including phenoxy) is 1. The lowest BCUT2D eigenvalue weighted by atomic mass is 9.98. The quantitative estimate of drug-likeness (QED) is 0.675. The van der Waals surface area contributed by atoms with E-state index in [0.717, 1.165) is 50.2 Å². The van der Waals surface area contributed by atoms with Crippen molar-refractivity contribution in [3.63, 3.8) is 0 Å². The van der Waals surface area contributed by atoms with Gasteiger partial charge in [-0.2, -0.15) is 13.2 Å². The third-order valence-electron chi connectivity index (χ3n) is 5.23. The van der Waals surface area contributed by atoms with Crippen LogP contribution in [0.5, 0.6) is 5.75 Å². The van der Waals surface area contributed by atoms with Crippen LogP contribution in [0.2, 0.25) is 0 Å². The molecule has 2 aromatic carbocycles. The minimum atomic E-state index is -4.66. The minimum Gasteiger partial charge on any atom is -0.495 e. The average molecular weight is 443 g/mol. The van der Waals surface area contributed by atoms with E-state index < -0.39 is 26.7 Å². The average Bonchev–Trinajstić information content (AvgIpc) is 3.16. The monoisotopic (exact) mass is 442 g/mol. The normalized spacial score (nSPS) is 17.8. The maximum atomic E-state index is 13.0. The third-order valence-corrected chi connectivity index (χ3v) is 6.63. The molecule has 3 rings (SSSR count). The first-order chi connectivity index (χ1) is 14.1. The Labute approximate surface area is 174 Å². The van der Waals surface area contributed by atoms with Crippen molar-refractivity contribution in [3.05, 3.63) is 53.6 Å². The number of rotatable bonds is 7. The van der Waals surface area contributed by atoms with E-state index in [9.17, 15) is 21.6 Å². The van der Waals surface area contributed by atoms with Crippen LogP contribution in [-0.2, 0) is 16.2 Å². The molecular formula is C21H25F3N2O3S. The highest BCUT2D eigenvalue weighted by molar-refractivity contribution is 7.92. The summed E-state index contributed by atoms with van der Waals surface area (Å²) in [6.45, 7) is 5.23. The largest absolute Gasteiger partial charge is 0.495 e. The predicted molar refractivity (Wildman–Crippen MR) is 109 cm³/mol. The van der Waals surface area contributed by atoms with E-state index in [-0.39, 0.29) is 11.4 Å². The minimum absolute atomic E-state index is 0.158. The molecule has 0 aromatic heterocycles. The summed E-state index contributed by atoms with van der Waals surface area (Å²) in [5.74, 6) is 0.236. The van der Waals surface area contributed by atoms with E-state index in [1.807, 2.05) is 12.1 Å². The molecule has 0 aliphatic carbocycles. The second-order valence-electron chi connectivity index (χ2n) is 7.38. The Morgan fingerprint density at radius 1 is 1.17 bits per heavy atom. The Kier molecular flexibility index (Phi) is 6.62. The Balaban J connectivity index is 1.79. The van der Waals surface area contributed by atoms with Crippen LogP contribution >= 0.6 is 0 Å². The number of alkyl halides is 3. The molecule has 1 aliphatic rings. The van der Waals surface area contributed by atoms with E-state index in [1.165, 1.54) is 7.11 Å². The SMILES string of the molecule is CCCN1CC[C@@H](c2ccc(NS(=O)(=O)c3cc(C(F)(F)F)ccc3OC)cc2)C1. The number of nitrogens with zero attached hydrogens (tertiary/aromatic N) is 1. The lowest BCUT2D eigenvalue weighted by molar-refractivity contribution is -0.137. The number of likely N-dealkylation sites (tertiary alicyclic amines) is 1. The maximum absolute atomic E-state index is 13.0. The van der Waals surface area contributed by atoms with Crippen molar-refractivity contribution < 1.29 is 26.3 Å². The first-order valence-corrected chi connectivity index (χ1v) is 11.2. The molecule has 1 atom stereocenters. The molecule has 164 valence electrons. The molecule has 1 fully saturated rings. The summed E-state index contributed by atoms with van der Waals surface area (Å²) in [6.07, 6.45) is -2.51. The molecule has 9 heteroatoms. The molecule has 0 amide bonds. The summed E-state index contributed by atoms with van der Waals surface area (Å²) < 4.78 is 71.9. The summed E-state index contributed by atoms with van der Waals surface area (Å²) in [4.78, 5) is 1.84. The van der Waals surface area contributed by atoms with Gasteiger partial charge >= 0.3 is 6.18 Å². The van der Waals surface area contributed by atoms with E-state index in [1.54, 1.807) is 12.1 Å². The van der Waals surface area contributed by atoms with Gasteiger partial charge in [0.15, 0.2) is 0 Å². The number of hydrogen-bond acceptors (Lipinski definition) is 4. The van der Waals surface area contributed by atoms with Gasteiger partial charge in [-0.3, -0.25) is 4.72 Å². The lowest BCUT2D eigenvalue weighted by Gasteiger charge is -2.16. The first kappa shape index (κ1) is 22.4. The third kappa shape index (κ3) is 5.07. The summed E-state index contributed by atoms with van der Waals surface area (Å²) in [5, 5.41) is 0. The van der Waals surface area contributed by atoms with Crippen LogP contribution in [0, 0.1) is 0 Å². The van der Waals surface area contributed by atoms with Crippen molar-refractivity contribution >= 4 is 15.7 Å². The second-order valence-corrected chi connectivity index (χ2v) is 9.03. The Hall–Kier alpha value is -2.26. The van der Waals surface area contributed by atoms with Crippen LogP contribution < -0.4 is 9.46 Å². The Morgan fingerprint density at radius 2 is 1.87 bits per heavy atom. The molecule has 2 aromatic rings.